The molecular weight excluding hydrogens is 300 g/mol. The molecule has 0 saturated carbocycles. The van der Waals surface area contributed by atoms with Crippen molar-refractivity contribution in [2.24, 2.45) is 10.8 Å². The second-order valence-corrected chi connectivity index (χ2v) is 8.16. The van der Waals surface area contributed by atoms with Gasteiger partial charge in [-0.05, 0) is 30.5 Å². The molecule has 4 heterocycles. The molecule has 0 radical (unpaired) electrons. The van der Waals surface area contributed by atoms with Gasteiger partial charge in [-0.2, -0.15) is 0 Å². The number of rotatable bonds is 5. The van der Waals surface area contributed by atoms with Crippen molar-refractivity contribution in [1.82, 2.24) is 9.80 Å². The SMILES string of the molecule is CCCC12CN3CC(CCC)(CN(C1)C3c1ccc(O)cc1)C2=O. The molecule has 1 N–H and O–H groups in total. The van der Waals surface area contributed by atoms with Crippen LogP contribution in [0.15, 0.2) is 24.3 Å². The molecule has 24 heavy (non-hydrogen) atoms. The molecule has 4 heteroatoms. The van der Waals surface area contributed by atoms with Gasteiger partial charge in [0.05, 0.1) is 17.0 Å². The van der Waals surface area contributed by atoms with Crippen LogP contribution >= 0.6 is 0 Å². The highest BCUT2D eigenvalue weighted by Crippen LogP contribution is 2.55. The molecule has 0 aliphatic carbocycles. The van der Waals surface area contributed by atoms with Gasteiger partial charge in [-0.3, -0.25) is 14.6 Å². The fourth-order valence-corrected chi connectivity index (χ4v) is 5.76. The van der Waals surface area contributed by atoms with E-state index in [1.165, 1.54) is 5.56 Å². The molecule has 0 amide bonds. The van der Waals surface area contributed by atoms with Crippen molar-refractivity contribution < 1.29 is 9.90 Å². The number of carbonyl (C=O) groups excluding carboxylic acids is 1. The third-order valence-corrected chi connectivity index (χ3v) is 6.33. The quantitative estimate of drug-likeness (QED) is 0.901. The molecule has 4 saturated heterocycles. The lowest BCUT2D eigenvalue weighted by Crippen LogP contribution is -2.76. The number of aromatic hydroxyl groups is 1. The minimum Gasteiger partial charge on any atom is -0.508 e. The van der Waals surface area contributed by atoms with Gasteiger partial charge in [0.1, 0.15) is 11.5 Å². The number of piperidine rings is 2. The topological polar surface area (TPSA) is 43.8 Å². The normalized spacial score (nSPS) is 40.2. The minimum absolute atomic E-state index is 0.159. The third kappa shape index (κ3) is 2.16. The van der Waals surface area contributed by atoms with E-state index < -0.39 is 0 Å². The molecule has 5 rings (SSSR count). The lowest BCUT2D eigenvalue weighted by Gasteiger charge is -2.66. The first kappa shape index (κ1) is 16.1. The standard InChI is InChI=1S/C20H28N2O2/c1-3-9-19-11-21-13-20(10-4-2,18(19)24)14-22(12-19)17(21)15-5-7-16(23)8-6-15/h5-8,17,23H,3-4,9-14H2,1-2H3. The zero-order valence-corrected chi connectivity index (χ0v) is 14.8. The summed E-state index contributed by atoms with van der Waals surface area (Å²) in [7, 11) is 0. The van der Waals surface area contributed by atoms with Gasteiger partial charge >= 0.3 is 0 Å². The Hall–Kier alpha value is -1.39. The Balaban J connectivity index is 1.72. The molecule has 130 valence electrons. The number of ketones is 1. The van der Waals surface area contributed by atoms with Gasteiger partial charge in [-0.15, -0.1) is 0 Å². The summed E-state index contributed by atoms with van der Waals surface area (Å²) in [6.07, 6.45) is 4.41. The van der Waals surface area contributed by atoms with Crippen LogP contribution in [-0.2, 0) is 4.79 Å². The smallest absolute Gasteiger partial charge is 0.150 e. The molecule has 1 aromatic rings. The van der Waals surface area contributed by atoms with E-state index in [9.17, 15) is 9.90 Å². The third-order valence-electron chi connectivity index (χ3n) is 6.33. The fraction of sp³-hybridized carbons (Fsp3) is 0.650. The Morgan fingerprint density at radius 3 is 1.83 bits per heavy atom. The van der Waals surface area contributed by atoms with E-state index >= 15 is 0 Å². The summed E-state index contributed by atoms with van der Waals surface area (Å²) in [6, 6.07) is 7.61. The predicted molar refractivity (Wildman–Crippen MR) is 93.7 cm³/mol. The second kappa shape index (κ2) is 5.57. The van der Waals surface area contributed by atoms with Gasteiger partial charge < -0.3 is 5.11 Å². The first-order valence-corrected chi connectivity index (χ1v) is 9.35. The summed E-state index contributed by atoms with van der Waals surface area (Å²) >= 11 is 0. The summed E-state index contributed by atoms with van der Waals surface area (Å²) in [5, 5.41) is 9.59. The van der Waals surface area contributed by atoms with Crippen molar-refractivity contribution in [1.29, 1.82) is 0 Å². The Bertz CT molecular complexity index is 596. The fourth-order valence-electron chi connectivity index (χ4n) is 5.76. The summed E-state index contributed by atoms with van der Waals surface area (Å²) in [5.74, 6) is 0.864. The number of hydrogen-bond donors (Lipinski definition) is 1. The molecular formula is C20H28N2O2. The summed E-state index contributed by atoms with van der Waals surface area (Å²) in [6.45, 7) is 7.97. The maximum absolute atomic E-state index is 13.4. The average molecular weight is 328 g/mol. The highest BCUT2D eigenvalue weighted by molar-refractivity contribution is 5.93. The average Bonchev–Trinajstić information content (AvgIpc) is 2.54. The first-order valence-electron chi connectivity index (χ1n) is 9.35. The Kier molecular flexibility index (Phi) is 3.73. The summed E-state index contributed by atoms with van der Waals surface area (Å²) in [4.78, 5) is 18.5. The van der Waals surface area contributed by atoms with E-state index in [1.807, 2.05) is 12.1 Å². The van der Waals surface area contributed by atoms with E-state index in [2.05, 4.69) is 23.6 Å². The van der Waals surface area contributed by atoms with Crippen molar-refractivity contribution >= 4 is 5.78 Å². The molecule has 1 aromatic carbocycles. The zero-order valence-electron chi connectivity index (χ0n) is 14.8. The Labute approximate surface area is 144 Å². The number of carbonyl (C=O) groups is 1. The van der Waals surface area contributed by atoms with Crippen molar-refractivity contribution in [3.63, 3.8) is 0 Å². The highest BCUT2D eigenvalue weighted by atomic mass is 16.3. The molecule has 4 fully saturated rings. The minimum atomic E-state index is -0.159. The second-order valence-electron chi connectivity index (χ2n) is 8.16. The summed E-state index contributed by atoms with van der Waals surface area (Å²) < 4.78 is 0. The van der Waals surface area contributed by atoms with Crippen LogP contribution in [0, 0.1) is 10.8 Å². The lowest BCUT2D eigenvalue weighted by molar-refractivity contribution is -0.205. The van der Waals surface area contributed by atoms with E-state index in [0.717, 1.165) is 51.9 Å². The molecule has 4 aliphatic rings. The first-order chi connectivity index (χ1) is 11.5. The van der Waals surface area contributed by atoms with Crippen LogP contribution in [0.5, 0.6) is 5.75 Å². The molecule has 4 aliphatic heterocycles. The van der Waals surface area contributed by atoms with Gasteiger partial charge in [0, 0.05) is 26.2 Å². The Morgan fingerprint density at radius 2 is 1.42 bits per heavy atom. The van der Waals surface area contributed by atoms with Crippen molar-refractivity contribution in [3.05, 3.63) is 29.8 Å². The van der Waals surface area contributed by atoms with Crippen LogP contribution in [0.25, 0.3) is 0 Å². The van der Waals surface area contributed by atoms with Crippen molar-refractivity contribution in [2.45, 2.75) is 45.7 Å². The van der Waals surface area contributed by atoms with Gasteiger partial charge in [-0.25, -0.2) is 0 Å². The van der Waals surface area contributed by atoms with Crippen molar-refractivity contribution in [3.8, 4) is 5.75 Å². The van der Waals surface area contributed by atoms with Gasteiger partial charge in [-0.1, -0.05) is 38.8 Å². The van der Waals surface area contributed by atoms with E-state index in [-0.39, 0.29) is 17.0 Å². The van der Waals surface area contributed by atoms with Crippen molar-refractivity contribution in [2.75, 3.05) is 26.2 Å². The number of nitrogens with zero attached hydrogens (tertiary/aromatic N) is 2. The maximum atomic E-state index is 13.4. The zero-order chi connectivity index (χ0) is 16.9. The molecule has 0 unspecified atom stereocenters. The molecule has 4 bridgehead atoms. The predicted octanol–water partition coefficient (Wildman–Crippen LogP) is 3.18. The van der Waals surface area contributed by atoms with Crippen LogP contribution in [0.4, 0.5) is 0 Å². The van der Waals surface area contributed by atoms with E-state index in [4.69, 9.17) is 0 Å². The van der Waals surface area contributed by atoms with Gasteiger partial charge in [0.15, 0.2) is 0 Å². The van der Waals surface area contributed by atoms with Gasteiger partial charge in [0.2, 0.25) is 0 Å². The number of Topliss-reactive ketones (excluding diaryl/α,β-unsaturated/α-hetero) is 1. The molecule has 4 nitrogen and oxygen atoms in total. The Morgan fingerprint density at radius 1 is 0.958 bits per heavy atom. The lowest BCUT2D eigenvalue weighted by atomic mass is 9.57. The number of phenols is 1. The molecule has 0 spiro atoms. The van der Waals surface area contributed by atoms with Crippen LogP contribution in [0.1, 0.15) is 51.3 Å². The highest BCUT2D eigenvalue weighted by Gasteiger charge is 2.64. The van der Waals surface area contributed by atoms with Crippen LogP contribution in [0.3, 0.4) is 0 Å². The van der Waals surface area contributed by atoms with E-state index in [0.29, 0.717) is 11.5 Å². The summed E-state index contributed by atoms with van der Waals surface area (Å²) in [5.41, 5.74) is 0.916. The maximum Gasteiger partial charge on any atom is 0.150 e. The number of phenolic OH excluding ortho intramolecular Hbond substituents is 1. The van der Waals surface area contributed by atoms with E-state index in [1.54, 1.807) is 12.1 Å². The largest absolute Gasteiger partial charge is 0.508 e. The molecule has 0 aromatic heterocycles. The van der Waals surface area contributed by atoms with Gasteiger partial charge in [0.25, 0.3) is 0 Å². The van der Waals surface area contributed by atoms with Crippen LogP contribution in [-0.4, -0.2) is 46.9 Å². The van der Waals surface area contributed by atoms with Crippen LogP contribution < -0.4 is 0 Å². The molecule has 0 atom stereocenters. The monoisotopic (exact) mass is 328 g/mol. The number of benzene rings is 1. The number of hydrogen-bond acceptors (Lipinski definition) is 4. The van der Waals surface area contributed by atoms with Crippen LogP contribution in [0.2, 0.25) is 0 Å².